The predicted molar refractivity (Wildman–Crippen MR) is 69.3 cm³/mol. The molecule has 0 heterocycles. The Bertz CT molecular complexity index is 431. The van der Waals surface area contributed by atoms with Crippen molar-refractivity contribution in [3.63, 3.8) is 0 Å². The molecule has 90 valence electrons. The van der Waals surface area contributed by atoms with Crippen LogP contribution in [-0.4, -0.2) is 0 Å². The Morgan fingerprint density at radius 2 is 1.41 bits per heavy atom. The highest BCUT2D eigenvalue weighted by molar-refractivity contribution is 5.85. The van der Waals surface area contributed by atoms with E-state index in [2.05, 4.69) is 4.84 Å². The fraction of sp³-hybridized carbons (Fsp3) is 0.0769. The summed E-state index contributed by atoms with van der Waals surface area (Å²) in [6.07, 6.45) is 0. The van der Waals surface area contributed by atoms with E-state index >= 15 is 0 Å². The number of nitrogens with two attached hydrogens (primary N) is 1. The monoisotopic (exact) mass is 251 g/mol. The molecule has 0 atom stereocenters. The van der Waals surface area contributed by atoms with Crippen LogP contribution in [0.5, 0.6) is 11.5 Å². The van der Waals surface area contributed by atoms with Gasteiger partial charge in [0.05, 0.1) is 0 Å². The molecule has 17 heavy (non-hydrogen) atoms. The summed E-state index contributed by atoms with van der Waals surface area (Å²) in [5.41, 5.74) is 1.14. The van der Waals surface area contributed by atoms with Gasteiger partial charge in [0.15, 0.2) is 0 Å². The standard InChI is InChI=1S/C13H13NO2.ClH/c14-16-13-8-6-12(7-9-13)15-10-11-4-2-1-3-5-11;/h1-9H,10,14H2;1H. The maximum atomic E-state index is 5.60. The third-order valence-electron chi connectivity index (χ3n) is 2.21. The van der Waals surface area contributed by atoms with Gasteiger partial charge in [0.25, 0.3) is 0 Å². The zero-order chi connectivity index (χ0) is 11.2. The first kappa shape index (κ1) is 13.4. The van der Waals surface area contributed by atoms with Crippen LogP contribution < -0.4 is 15.5 Å². The number of hydrogen-bond acceptors (Lipinski definition) is 3. The van der Waals surface area contributed by atoms with Crippen LogP contribution in [-0.2, 0) is 6.61 Å². The summed E-state index contributed by atoms with van der Waals surface area (Å²) in [4.78, 5) is 4.58. The summed E-state index contributed by atoms with van der Waals surface area (Å²) < 4.78 is 5.60. The second-order valence-electron chi connectivity index (χ2n) is 3.36. The third kappa shape index (κ3) is 3.98. The van der Waals surface area contributed by atoms with Crippen molar-refractivity contribution in [1.82, 2.24) is 0 Å². The van der Waals surface area contributed by atoms with E-state index in [0.29, 0.717) is 12.4 Å². The minimum Gasteiger partial charge on any atom is -0.489 e. The molecule has 4 heteroatoms. The third-order valence-corrected chi connectivity index (χ3v) is 2.21. The summed E-state index contributed by atoms with van der Waals surface area (Å²) in [7, 11) is 0. The van der Waals surface area contributed by atoms with Crippen LogP contribution in [0.4, 0.5) is 0 Å². The van der Waals surface area contributed by atoms with Gasteiger partial charge in [-0.05, 0) is 29.8 Å². The van der Waals surface area contributed by atoms with Crippen molar-refractivity contribution >= 4 is 12.4 Å². The van der Waals surface area contributed by atoms with Gasteiger partial charge in [0, 0.05) is 0 Å². The molecule has 0 fully saturated rings. The topological polar surface area (TPSA) is 44.5 Å². The lowest BCUT2D eigenvalue weighted by molar-refractivity contribution is 0.303. The fourth-order valence-electron chi connectivity index (χ4n) is 1.36. The van der Waals surface area contributed by atoms with Crippen LogP contribution in [0.3, 0.4) is 0 Å². The minimum absolute atomic E-state index is 0. The maximum absolute atomic E-state index is 5.60. The SMILES string of the molecule is Cl.NOc1ccc(OCc2ccccc2)cc1. The largest absolute Gasteiger partial charge is 0.489 e. The van der Waals surface area contributed by atoms with Gasteiger partial charge in [-0.2, -0.15) is 5.90 Å². The molecule has 0 aliphatic carbocycles. The molecular formula is C13H14ClNO2. The van der Waals surface area contributed by atoms with Gasteiger partial charge in [-0.15, -0.1) is 12.4 Å². The van der Waals surface area contributed by atoms with Crippen LogP contribution in [0, 0.1) is 0 Å². The number of hydrogen-bond donors (Lipinski definition) is 1. The quantitative estimate of drug-likeness (QED) is 0.850. The molecule has 2 aromatic rings. The minimum atomic E-state index is 0. The molecule has 0 bridgehead atoms. The molecule has 0 amide bonds. The molecular weight excluding hydrogens is 238 g/mol. The van der Waals surface area contributed by atoms with Gasteiger partial charge in [-0.1, -0.05) is 30.3 Å². The molecule has 0 aromatic heterocycles. The van der Waals surface area contributed by atoms with Gasteiger partial charge < -0.3 is 9.57 Å². The lowest BCUT2D eigenvalue weighted by Gasteiger charge is -2.06. The summed E-state index contributed by atoms with van der Waals surface area (Å²) >= 11 is 0. The van der Waals surface area contributed by atoms with E-state index in [1.54, 1.807) is 12.1 Å². The lowest BCUT2D eigenvalue weighted by atomic mass is 10.2. The Hall–Kier alpha value is -1.71. The van der Waals surface area contributed by atoms with Crippen molar-refractivity contribution in [2.24, 2.45) is 5.90 Å². The first-order valence-electron chi connectivity index (χ1n) is 5.02. The second-order valence-corrected chi connectivity index (χ2v) is 3.36. The average molecular weight is 252 g/mol. The number of ether oxygens (including phenoxy) is 1. The van der Waals surface area contributed by atoms with Crippen LogP contribution in [0.1, 0.15) is 5.56 Å². The lowest BCUT2D eigenvalue weighted by Crippen LogP contribution is -2.01. The normalized spacial score (nSPS) is 9.24. The van der Waals surface area contributed by atoms with E-state index in [1.807, 2.05) is 42.5 Å². The second kappa shape index (κ2) is 6.78. The van der Waals surface area contributed by atoms with Crippen molar-refractivity contribution in [2.45, 2.75) is 6.61 Å². The molecule has 0 saturated carbocycles. The molecule has 2 aromatic carbocycles. The van der Waals surface area contributed by atoms with Crippen LogP contribution in [0.2, 0.25) is 0 Å². The van der Waals surface area contributed by atoms with Crippen molar-refractivity contribution in [3.8, 4) is 11.5 Å². The van der Waals surface area contributed by atoms with Gasteiger partial charge in [-0.3, -0.25) is 0 Å². The summed E-state index contributed by atoms with van der Waals surface area (Å²) in [6, 6.07) is 17.2. The Labute approximate surface area is 107 Å². The van der Waals surface area contributed by atoms with Gasteiger partial charge in [-0.25, -0.2) is 0 Å². The van der Waals surface area contributed by atoms with Gasteiger partial charge in [0.2, 0.25) is 0 Å². The number of benzene rings is 2. The summed E-state index contributed by atoms with van der Waals surface area (Å²) in [6.45, 7) is 0.559. The van der Waals surface area contributed by atoms with Crippen molar-refractivity contribution < 1.29 is 9.57 Å². The fourth-order valence-corrected chi connectivity index (χ4v) is 1.36. The van der Waals surface area contributed by atoms with Gasteiger partial charge >= 0.3 is 0 Å². The average Bonchev–Trinajstić information content (AvgIpc) is 2.38. The molecule has 0 spiro atoms. The molecule has 0 aliphatic heterocycles. The Morgan fingerprint density at radius 1 is 0.824 bits per heavy atom. The van der Waals surface area contributed by atoms with Crippen molar-refractivity contribution in [3.05, 3.63) is 60.2 Å². The van der Waals surface area contributed by atoms with E-state index in [4.69, 9.17) is 10.6 Å². The molecule has 2 rings (SSSR count). The summed E-state index contributed by atoms with van der Waals surface area (Å²) in [5, 5.41) is 0. The number of halogens is 1. The zero-order valence-electron chi connectivity index (χ0n) is 9.21. The van der Waals surface area contributed by atoms with Crippen molar-refractivity contribution in [1.29, 1.82) is 0 Å². The highest BCUT2D eigenvalue weighted by Gasteiger charge is 1.96. The zero-order valence-corrected chi connectivity index (χ0v) is 10.0. The van der Waals surface area contributed by atoms with E-state index in [9.17, 15) is 0 Å². The first-order chi connectivity index (χ1) is 7.88. The maximum Gasteiger partial charge on any atom is 0.147 e. The Balaban J connectivity index is 0.00000144. The highest BCUT2D eigenvalue weighted by atomic mass is 35.5. The van der Waals surface area contributed by atoms with Crippen LogP contribution in [0.25, 0.3) is 0 Å². The van der Waals surface area contributed by atoms with Crippen LogP contribution >= 0.6 is 12.4 Å². The molecule has 0 aliphatic rings. The van der Waals surface area contributed by atoms with E-state index in [1.165, 1.54) is 0 Å². The van der Waals surface area contributed by atoms with E-state index in [-0.39, 0.29) is 12.4 Å². The smallest absolute Gasteiger partial charge is 0.147 e. The van der Waals surface area contributed by atoms with Crippen LogP contribution in [0.15, 0.2) is 54.6 Å². The Kier molecular flexibility index (Phi) is 5.33. The number of rotatable bonds is 4. The highest BCUT2D eigenvalue weighted by Crippen LogP contribution is 2.17. The first-order valence-corrected chi connectivity index (χ1v) is 5.02. The molecule has 0 saturated heterocycles. The van der Waals surface area contributed by atoms with Gasteiger partial charge in [0.1, 0.15) is 18.1 Å². The predicted octanol–water partition coefficient (Wildman–Crippen LogP) is 2.94. The van der Waals surface area contributed by atoms with E-state index in [0.717, 1.165) is 11.3 Å². The molecule has 0 radical (unpaired) electrons. The van der Waals surface area contributed by atoms with Crippen molar-refractivity contribution in [2.75, 3.05) is 0 Å². The van der Waals surface area contributed by atoms with E-state index < -0.39 is 0 Å². The molecule has 3 nitrogen and oxygen atoms in total. The molecule has 0 unspecified atom stereocenters. The Morgan fingerprint density at radius 3 is 2.00 bits per heavy atom. The molecule has 2 N–H and O–H groups in total. The summed E-state index contributed by atoms with van der Waals surface area (Å²) in [5.74, 6) is 6.44.